The lowest BCUT2D eigenvalue weighted by atomic mass is 10.0. The van der Waals surface area contributed by atoms with Crippen molar-refractivity contribution in [3.63, 3.8) is 0 Å². The quantitative estimate of drug-likeness (QED) is 0.510. The van der Waals surface area contributed by atoms with E-state index in [1.807, 2.05) is 4.90 Å². The number of nitrogens with zero attached hydrogens (tertiary/aromatic N) is 2. The lowest BCUT2D eigenvalue weighted by molar-refractivity contribution is -0.384. The molecule has 1 N–H and O–H groups in total. The summed E-state index contributed by atoms with van der Waals surface area (Å²) in [6, 6.07) is 4.09. The number of hydrogen-bond acceptors (Lipinski definition) is 6. The molecule has 1 fully saturated rings. The number of carbonyl (C=O) groups excluding carboxylic acids is 1. The Morgan fingerprint density at radius 1 is 1.55 bits per heavy atom. The Bertz CT molecular complexity index is 531. The predicted molar refractivity (Wildman–Crippen MR) is 71.9 cm³/mol. The highest BCUT2D eigenvalue weighted by molar-refractivity contribution is 5.96. The maximum absolute atomic E-state index is 11.8. The van der Waals surface area contributed by atoms with Crippen molar-refractivity contribution in [3.8, 4) is 0 Å². The molecule has 0 radical (unpaired) electrons. The van der Waals surface area contributed by atoms with Gasteiger partial charge in [-0.25, -0.2) is 4.79 Å². The van der Waals surface area contributed by atoms with Crippen LogP contribution in [0.4, 0.5) is 11.4 Å². The molecule has 1 atom stereocenters. The minimum Gasteiger partial charge on any atom is -0.465 e. The van der Waals surface area contributed by atoms with Crippen molar-refractivity contribution >= 4 is 17.3 Å². The van der Waals surface area contributed by atoms with Gasteiger partial charge in [0, 0.05) is 25.2 Å². The number of esters is 1. The Balaban J connectivity index is 2.40. The van der Waals surface area contributed by atoms with Gasteiger partial charge in [0.2, 0.25) is 0 Å². The van der Waals surface area contributed by atoms with Gasteiger partial charge >= 0.3 is 5.97 Å². The predicted octanol–water partition coefficient (Wildman–Crippen LogP) is 1.34. The summed E-state index contributed by atoms with van der Waals surface area (Å²) in [4.78, 5) is 23.9. The first kappa shape index (κ1) is 14.3. The maximum Gasteiger partial charge on any atom is 0.340 e. The van der Waals surface area contributed by atoms with Crippen LogP contribution in [-0.4, -0.2) is 42.3 Å². The second-order valence-electron chi connectivity index (χ2n) is 4.69. The van der Waals surface area contributed by atoms with Crippen LogP contribution in [0.1, 0.15) is 23.2 Å². The highest BCUT2D eigenvalue weighted by Crippen LogP contribution is 2.28. The number of piperidine rings is 1. The van der Waals surface area contributed by atoms with Crippen LogP contribution < -0.4 is 4.90 Å². The minimum absolute atomic E-state index is 0.149. The zero-order chi connectivity index (χ0) is 14.7. The van der Waals surface area contributed by atoms with Gasteiger partial charge in [-0.3, -0.25) is 10.1 Å². The molecule has 1 aromatic rings. The molecule has 1 aliphatic heterocycles. The Morgan fingerprint density at radius 2 is 2.30 bits per heavy atom. The van der Waals surface area contributed by atoms with Gasteiger partial charge in [0.25, 0.3) is 5.69 Å². The van der Waals surface area contributed by atoms with Crippen LogP contribution in [0.2, 0.25) is 0 Å². The molecule has 1 saturated heterocycles. The van der Waals surface area contributed by atoms with Crippen LogP contribution >= 0.6 is 0 Å². The third-order valence-corrected chi connectivity index (χ3v) is 3.33. The molecule has 0 aromatic heterocycles. The van der Waals surface area contributed by atoms with Crippen molar-refractivity contribution in [3.05, 3.63) is 33.9 Å². The molecule has 2 rings (SSSR count). The third-order valence-electron chi connectivity index (χ3n) is 3.33. The third kappa shape index (κ3) is 2.88. The average molecular weight is 280 g/mol. The largest absolute Gasteiger partial charge is 0.465 e. The molecular weight excluding hydrogens is 264 g/mol. The number of anilines is 1. The lowest BCUT2D eigenvalue weighted by Crippen LogP contribution is -2.39. The Kier molecular flexibility index (Phi) is 4.19. The standard InChI is InChI=1S/C13H16N2O5/c1-20-13(17)11-7-9(15(18)19)4-5-12(11)14-6-2-3-10(16)8-14/h4-5,7,10,16H,2-3,6,8H2,1H3/t10-/m1/s1. The molecule has 20 heavy (non-hydrogen) atoms. The van der Waals surface area contributed by atoms with Gasteiger partial charge in [0.1, 0.15) is 0 Å². The van der Waals surface area contributed by atoms with Crippen LogP contribution in [0.5, 0.6) is 0 Å². The molecule has 0 unspecified atom stereocenters. The van der Waals surface area contributed by atoms with Gasteiger partial charge in [0.05, 0.1) is 29.4 Å². The Labute approximate surface area is 115 Å². The van der Waals surface area contributed by atoms with Crippen molar-refractivity contribution in [1.29, 1.82) is 0 Å². The van der Waals surface area contributed by atoms with E-state index in [0.717, 1.165) is 12.8 Å². The molecule has 0 bridgehead atoms. The van der Waals surface area contributed by atoms with Crippen LogP contribution in [-0.2, 0) is 4.74 Å². The number of methoxy groups -OCH3 is 1. The number of hydrogen-bond donors (Lipinski definition) is 1. The lowest BCUT2D eigenvalue weighted by Gasteiger charge is -2.32. The van der Waals surface area contributed by atoms with Crippen LogP contribution in [0.25, 0.3) is 0 Å². The van der Waals surface area contributed by atoms with Crippen molar-refractivity contribution < 1.29 is 19.6 Å². The summed E-state index contributed by atoms with van der Waals surface area (Å²) in [5, 5.41) is 20.5. The normalized spacial score (nSPS) is 18.7. The van der Waals surface area contributed by atoms with Gasteiger partial charge in [-0.05, 0) is 18.9 Å². The summed E-state index contributed by atoms with van der Waals surface area (Å²) in [7, 11) is 1.23. The summed E-state index contributed by atoms with van der Waals surface area (Å²) in [5.74, 6) is -0.622. The Hall–Kier alpha value is -2.15. The zero-order valence-corrected chi connectivity index (χ0v) is 11.1. The summed E-state index contributed by atoms with van der Waals surface area (Å²) in [6.45, 7) is 1.10. The molecule has 7 nitrogen and oxygen atoms in total. The number of aliphatic hydroxyl groups excluding tert-OH is 1. The number of aliphatic hydroxyl groups is 1. The van der Waals surface area contributed by atoms with Crippen LogP contribution in [0.15, 0.2) is 18.2 Å². The van der Waals surface area contributed by atoms with E-state index in [1.165, 1.54) is 25.3 Å². The molecule has 0 aliphatic carbocycles. The molecule has 7 heteroatoms. The highest BCUT2D eigenvalue weighted by Gasteiger charge is 2.24. The number of nitro benzene ring substituents is 1. The second-order valence-corrected chi connectivity index (χ2v) is 4.69. The SMILES string of the molecule is COC(=O)c1cc([N+](=O)[O-])ccc1N1CCC[C@@H](O)C1. The topological polar surface area (TPSA) is 92.9 Å². The first-order valence-electron chi connectivity index (χ1n) is 6.32. The molecular formula is C13H16N2O5. The van der Waals surface area contributed by atoms with E-state index in [9.17, 15) is 20.0 Å². The minimum atomic E-state index is -0.622. The number of benzene rings is 1. The first-order chi connectivity index (χ1) is 9.52. The smallest absolute Gasteiger partial charge is 0.340 e. The number of ether oxygens (including phenoxy) is 1. The summed E-state index contributed by atoms with van der Waals surface area (Å²) in [6.07, 6.45) is 1.07. The van der Waals surface area contributed by atoms with Crippen molar-refractivity contribution in [1.82, 2.24) is 0 Å². The van der Waals surface area contributed by atoms with Crippen LogP contribution in [0.3, 0.4) is 0 Å². The highest BCUT2D eigenvalue weighted by atomic mass is 16.6. The number of nitro groups is 1. The number of rotatable bonds is 3. The van der Waals surface area contributed by atoms with Crippen molar-refractivity contribution in [2.75, 3.05) is 25.1 Å². The fraction of sp³-hybridized carbons (Fsp3) is 0.462. The fourth-order valence-electron chi connectivity index (χ4n) is 2.36. The summed E-state index contributed by atoms with van der Waals surface area (Å²) in [5.41, 5.74) is 0.545. The van der Waals surface area contributed by atoms with E-state index in [-0.39, 0.29) is 11.3 Å². The first-order valence-corrected chi connectivity index (χ1v) is 6.32. The van der Waals surface area contributed by atoms with Crippen molar-refractivity contribution in [2.45, 2.75) is 18.9 Å². The molecule has 1 aromatic carbocycles. The number of carbonyl (C=O) groups is 1. The molecule has 0 amide bonds. The molecule has 0 spiro atoms. The molecule has 1 aliphatic rings. The van der Waals surface area contributed by atoms with Crippen LogP contribution in [0, 0.1) is 10.1 Å². The van der Waals surface area contributed by atoms with E-state index in [2.05, 4.69) is 4.74 Å². The summed E-state index contributed by atoms with van der Waals surface area (Å²) >= 11 is 0. The van der Waals surface area contributed by atoms with Gasteiger partial charge in [0.15, 0.2) is 0 Å². The van der Waals surface area contributed by atoms with E-state index in [1.54, 1.807) is 0 Å². The average Bonchev–Trinajstić information content (AvgIpc) is 2.45. The van der Waals surface area contributed by atoms with Gasteiger partial charge in [-0.15, -0.1) is 0 Å². The van der Waals surface area contributed by atoms with E-state index < -0.39 is 17.0 Å². The summed E-state index contributed by atoms with van der Waals surface area (Å²) < 4.78 is 4.68. The zero-order valence-electron chi connectivity index (χ0n) is 11.1. The molecule has 108 valence electrons. The fourth-order valence-corrected chi connectivity index (χ4v) is 2.36. The van der Waals surface area contributed by atoms with Gasteiger partial charge in [-0.2, -0.15) is 0 Å². The maximum atomic E-state index is 11.8. The van der Waals surface area contributed by atoms with E-state index in [4.69, 9.17) is 0 Å². The van der Waals surface area contributed by atoms with Gasteiger partial charge < -0.3 is 14.7 Å². The Morgan fingerprint density at radius 3 is 2.90 bits per heavy atom. The molecule has 1 heterocycles. The van der Waals surface area contributed by atoms with E-state index in [0.29, 0.717) is 18.8 Å². The number of β-amino-alcohol motifs (C(OH)–C–C–N with tert-alkyl or cyclic N) is 1. The van der Waals surface area contributed by atoms with Crippen molar-refractivity contribution in [2.24, 2.45) is 0 Å². The van der Waals surface area contributed by atoms with E-state index >= 15 is 0 Å². The monoisotopic (exact) mass is 280 g/mol. The second kappa shape index (κ2) is 5.87. The van der Waals surface area contributed by atoms with Gasteiger partial charge in [-0.1, -0.05) is 0 Å². The number of non-ortho nitro benzene ring substituents is 1. The molecule has 0 saturated carbocycles.